The molecule has 0 unspecified atom stereocenters. The first kappa shape index (κ1) is 20.7. The molecule has 7 nitrogen and oxygen atoms in total. The zero-order valence-electron chi connectivity index (χ0n) is 16.8. The molecule has 0 aliphatic heterocycles. The van der Waals surface area contributed by atoms with Gasteiger partial charge in [-0.15, -0.1) is 11.3 Å². The van der Waals surface area contributed by atoms with Crippen molar-refractivity contribution in [3.05, 3.63) is 87.1 Å². The average Bonchev–Trinajstić information content (AvgIpc) is 3.51. The minimum atomic E-state index is -0.324. The van der Waals surface area contributed by atoms with Crippen LogP contribution in [0.1, 0.15) is 21.6 Å². The van der Waals surface area contributed by atoms with E-state index in [1.54, 1.807) is 38.9 Å². The SMILES string of the molecule is Cc1cc(NC(=O)c2cnn3c(-c4cccs4)ccnc23)nn1Cc1ccc(Cl)c(Cl)c1. The summed E-state index contributed by atoms with van der Waals surface area (Å²) >= 11 is 13.7. The fourth-order valence-electron chi connectivity index (χ4n) is 3.39. The molecule has 5 rings (SSSR count). The zero-order chi connectivity index (χ0) is 22.2. The maximum atomic E-state index is 13.0. The van der Waals surface area contributed by atoms with Crippen molar-refractivity contribution in [3.8, 4) is 10.6 Å². The quantitative estimate of drug-likeness (QED) is 0.355. The molecule has 1 aromatic carbocycles. The Bertz CT molecular complexity index is 1440. The largest absolute Gasteiger partial charge is 0.305 e. The van der Waals surface area contributed by atoms with E-state index >= 15 is 0 Å². The summed E-state index contributed by atoms with van der Waals surface area (Å²) in [6.45, 7) is 2.42. The molecule has 5 aromatic rings. The second-order valence-corrected chi connectivity index (χ2v) is 8.89. The molecule has 0 aliphatic carbocycles. The van der Waals surface area contributed by atoms with Crippen molar-refractivity contribution in [2.24, 2.45) is 0 Å². The minimum Gasteiger partial charge on any atom is -0.305 e. The summed E-state index contributed by atoms with van der Waals surface area (Å²) < 4.78 is 3.47. The number of amides is 1. The second-order valence-electron chi connectivity index (χ2n) is 7.13. The summed E-state index contributed by atoms with van der Waals surface area (Å²) in [5, 5.41) is 14.7. The number of aryl methyl sites for hydroxylation is 1. The van der Waals surface area contributed by atoms with E-state index in [1.807, 2.05) is 42.6 Å². The third-order valence-corrected chi connectivity index (χ3v) is 6.59. The standard InChI is InChI=1S/C22H16Cl2N6OS/c1-13-9-20(28-29(13)12-14-4-5-16(23)17(24)10-14)27-22(31)15-11-26-30-18(6-7-25-21(15)30)19-3-2-8-32-19/h2-11H,12H2,1H3,(H,27,28,31). The lowest BCUT2D eigenvalue weighted by atomic mass is 10.2. The van der Waals surface area contributed by atoms with Crippen LogP contribution < -0.4 is 5.32 Å². The lowest BCUT2D eigenvalue weighted by Crippen LogP contribution is -2.13. The van der Waals surface area contributed by atoms with Crippen LogP contribution in [0.4, 0.5) is 5.82 Å². The topological polar surface area (TPSA) is 77.1 Å². The number of nitrogens with one attached hydrogen (secondary N) is 1. The average molecular weight is 483 g/mol. The van der Waals surface area contributed by atoms with Gasteiger partial charge in [0.25, 0.3) is 5.91 Å². The van der Waals surface area contributed by atoms with Gasteiger partial charge >= 0.3 is 0 Å². The molecule has 4 aromatic heterocycles. The van der Waals surface area contributed by atoms with Gasteiger partial charge in [-0.05, 0) is 42.1 Å². The van der Waals surface area contributed by atoms with Gasteiger partial charge in [-0.3, -0.25) is 9.48 Å². The van der Waals surface area contributed by atoms with E-state index < -0.39 is 0 Å². The highest BCUT2D eigenvalue weighted by Crippen LogP contribution is 2.26. The number of hydrogen-bond acceptors (Lipinski definition) is 5. The number of thiophene rings is 1. The predicted molar refractivity (Wildman–Crippen MR) is 127 cm³/mol. The Kier molecular flexibility index (Phi) is 5.42. The van der Waals surface area contributed by atoms with Crippen LogP contribution in [0.5, 0.6) is 0 Å². The summed E-state index contributed by atoms with van der Waals surface area (Å²) in [6, 6.07) is 13.1. The predicted octanol–water partition coefficient (Wildman–Crippen LogP) is 5.57. The Morgan fingerprint density at radius 1 is 1.16 bits per heavy atom. The van der Waals surface area contributed by atoms with Crippen molar-refractivity contribution in [1.82, 2.24) is 24.4 Å². The first-order valence-corrected chi connectivity index (χ1v) is 11.3. The van der Waals surface area contributed by atoms with Crippen LogP contribution in [-0.2, 0) is 6.54 Å². The van der Waals surface area contributed by atoms with Crippen molar-refractivity contribution >= 4 is 51.9 Å². The number of carbonyl (C=O) groups excluding carboxylic acids is 1. The van der Waals surface area contributed by atoms with Crippen molar-refractivity contribution in [2.75, 3.05) is 5.32 Å². The number of nitrogens with zero attached hydrogens (tertiary/aromatic N) is 5. The lowest BCUT2D eigenvalue weighted by Gasteiger charge is -2.06. The Hall–Kier alpha value is -3.20. The number of hydrogen-bond donors (Lipinski definition) is 1. The van der Waals surface area contributed by atoms with E-state index in [1.165, 1.54) is 6.20 Å². The minimum absolute atomic E-state index is 0.324. The summed E-state index contributed by atoms with van der Waals surface area (Å²) in [6.07, 6.45) is 3.20. The fourth-order valence-corrected chi connectivity index (χ4v) is 4.45. The van der Waals surface area contributed by atoms with E-state index in [9.17, 15) is 4.79 Å². The van der Waals surface area contributed by atoms with E-state index in [4.69, 9.17) is 23.2 Å². The second kappa shape index (κ2) is 8.38. The Morgan fingerprint density at radius 2 is 2.03 bits per heavy atom. The van der Waals surface area contributed by atoms with E-state index in [0.717, 1.165) is 21.8 Å². The number of carbonyl (C=O) groups is 1. The molecule has 0 bridgehead atoms. The van der Waals surface area contributed by atoms with Gasteiger partial charge in [-0.25, -0.2) is 9.50 Å². The van der Waals surface area contributed by atoms with Gasteiger partial charge in [0.05, 0.1) is 33.4 Å². The third kappa shape index (κ3) is 3.88. The fraction of sp³-hybridized carbons (Fsp3) is 0.0909. The molecule has 0 radical (unpaired) electrons. The monoisotopic (exact) mass is 482 g/mol. The number of fused-ring (bicyclic) bond motifs is 1. The molecule has 32 heavy (non-hydrogen) atoms. The normalized spacial score (nSPS) is 11.2. The van der Waals surface area contributed by atoms with Crippen LogP contribution in [0.15, 0.2) is 60.2 Å². The molecule has 160 valence electrons. The van der Waals surface area contributed by atoms with Crippen LogP contribution in [0.25, 0.3) is 16.2 Å². The van der Waals surface area contributed by atoms with Crippen molar-refractivity contribution < 1.29 is 4.79 Å². The lowest BCUT2D eigenvalue weighted by molar-refractivity contribution is 0.102. The summed E-state index contributed by atoms with van der Waals surface area (Å²) in [7, 11) is 0. The van der Waals surface area contributed by atoms with Gasteiger partial charge in [0.2, 0.25) is 0 Å². The molecule has 0 saturated carbocycles. The smallest absolute Gasteiger partial charge is 0.262 e. The van der Waals surface area contributed by atoms with Crippen LogP contribution in [0.2, 0.25) is 10.0 Å². The summed E-state index contributed by atoms with van der Waals surface area (Å²) in [5.41, 5.74) is 3.59. The molecule has 0 saturated heterocycles. The van der Waals surface area contributed by atoms with Gasteiger partial charge in [0.1, 0.15) is 5.56 Å². The molecule has 0 atom stereocenters. The molecule has 0 fully saturated rings. The summed E-state index contributed by atoms with van der Waals surface area (Å²) in [5.74, 6) is 0.122. The molecule has 0 spiro atoms. The number of aromatic nitrogens is 5. The van der Waals surface area contributed by atoms with Gasteiger partial charge < -0.3 is 5.32 Å². The molecular weight excluding hydrogens is 467 g/mol. The van der Waals surface area contributed by atoms with Gasteiger partial charge in [-0.1, -0.05) is 35.3 Å². The Balaban J connectivity index is 1.39. The van der Waals surface area contributed by atoms with Crippen LogP contribution >= 0.6 is 34.5 Å². The molecule has 10 heteroatoms. The molecular formula is C22H16Cl2N6OS. The third-order valence-electron chi connectivity index (χ3n) is 4.96. The van der Waals surface area contributed by atoms with E-state index in [-0.39, 0.29) is 5.91 Å². The molecule has 0 aliphatic rings. The maximum absolute atomic E-state index is 13.0. The van der Waals surface area contributed by atoms with Crippen LogP contribution in [-0.4, -0.2) is 30.3 Å². The molecule has 1 amide bonds. The van der Waals surface area contributed by atoms with E-state index in [0.29, 0.717) is 33.6 Å². The highest BCUT2D eigenvalue weighted by Gasteiger charge is 2.18. The first-order chi connectivity index (χ1) is 15.5. The highest BCUT2D eigenvalue weighted by molar-refractivity contribution is 7.13. The number of rotatable bonds is 5. The summed E-state index contributed by atoms with van der Waals surface area (Å²) in [4.78, 5) is 18.4. The van der Waals surface area contributed by atoms with Crippen molar-refractivity contribution in [2.45, 2.75) is 13.5 Å². The number of halogens is 2. The van der Waals surface area contributed by atoms with Gasteiger partial charge in [0, 0.05) is 18.0 Å². The van der Waals surface area contributed by atoms with E-state index in [2.05, 4.69) is 20.5 Å². The molecule has 4 heterocycles. The Morgan fingerprint density at radius 3 is 2.81 bits per heavy atom. The van der Waals surface area contributed by atoms with Gasteiger partial charge in [-0.2, -0.15) is 10.2 Å². The van der Waals surface area contributed by atoms with Crippen molar-refractivity contribution in [1.29, 1.82) is 0 Å². The molecule has 1 N–H and O–H groups in total. The number of anilines is 1. The number of benzene rings is 1. The van der Waals surface area contributed by atoms with Crippen LogP contribution in [0.3, 0.4) is 0 Å². The Labute approximate surface area is 197 Å². The highest BCUT2D eigenvalue weighted by atomic mass is 35.5. The van der Waals surface area contributed by atoms with Crippen molar-refractivity contribution in [3.63, 3.8) is 0 Å². The van der Waals surface area contributed by atoms with Gasteiger partial charge in [0.15, 0.2) is 11.5 Å². The zero-order valence-corrected chi connectivity index (χ0v) is 19.1. The van der Waals surface area contributed by atoms with Crippen LogP contribution in [0, 0.1) is 6.92 Å². The maximum Gasteiger partial charge on any atom is 0.262 e. The first-order valence-electron chi connectivity index (χ1n) is 9.66.